The van der Waals surface area contributed by atoms with E-state index in [1.54, 1.807) is 6.92 Å². The number of carboxylic acids is 1. The molecule has 8 nitrogen and oxygen atoms in total. The van der Waals surface area contributed by atoms with Crippen LogP contribution in [0.5, 0.6) is 0 Å². The van der Waals surface area contributed by atoms with Gasteiger partial charge in [-0.15, -0.1) is 0 Å². The Balaban J connectivity index is 2.62. The van der Waals surface area contributed by atoms with Crippen LogP contribution < -0.4 is 5.32 Å². The molecule has 2 amide bonds. The maximum absolute atomic E-state index is 11.9. The Labute approximate surface area is 110 Å². The quantitative estimate of drug-likeness (QED) is 0.576. The zero-order valence-electron chi connectivity index (χ0n) is 10.8. The van der Waals surface area contributed by atoms with Crippen LogP contribution in [0.2, 0.25) is 0 Å². The first-order valence-corrected chi connectivity index (χ1v) is 6.01. The predicted molar refractivity (Wildman–Crippen MR) is 63.4 cm³/mol. The highest BCUT2D eigenvalue weighted by molar-refractivity contribution is 5.87. The van der Waals surface area contributed by atoms with Gasteiger partial charge in [0.2, 0.25) is 0 Å². The van der Waals surface area contributed by atoms with Gasteiger partial charge in [-0.05, 0) is 13.8 Å². The Hall–Kier alpha value is -1.83. The third-order valence-corrected chi connectivity index (χ3v) is 2.81. The molecule has 0 aromatic carbocycles. The van der Waals surface area contributed by atoms with Gasteiger partial charge in [-0.2, -0.15) is 0 Å². The van der Waals surface area contributed by atoms with Crippen molar-refractivity contribution >= 4 is 18.0 Å². The van der Waals surface area contributed by atoms with E-state index in [0.717, 1.165) is 4.90 Å². The molecule has 0 saturated carbocycles. The number of ether oxygens (including phenoxy) is 1. The number of nitrogens with one attached hydrogen (secondary N) is 1. The molecule has 8 heteroatoms. The standard InChI is InChI=1S/C11H18N2O6/c1-3-19-10(17)6(2)12-11(18)13-5-7(14)4-8(13)9(15)16/h6-8,14H,3-5H2,1-2H3,(H,12,18)(H,15,16). The lowest BCUT2D eigenvalue weighted by molar-refractivity contribution is -0.144. The molecule has 1 aliphatic rings. The van der Waals surface area contributed by atoms with Gasteiger partial charge in [-0.25, -0.2) is 14.4 Å². The van der Waals surface area contributed by atoms with Gasteiger partial charge in [-0.3, -0.25) is 0 Å². The van der Waals surface area contributed by atoms with Crippen molar-refractivity contribution in [2.75, 3.05) is 13.2 Å². The second kappa shape index (κ2) is 6.37. The van der Waals surface area contributed by atoms with Crippen molar-refractivity contribution in [3.8, 4) is 0 Å². The topological polar surface area (TPSA) is 116 Å². The molecule has 1 rings (SSSR count). The summed E-state index contributed by atoms with van der Waals surface area (Å²) in [5.41, 5.74) is 0. The average molecular weight is 274 g/mol. The minimum Gasteiger partial charge on any atom is -0.480 e. The number of hydrogen-bond donors (Lipinski definition) is 3. The first kappa shape index (κ1) is 15.2. The van der Waals surface area contributed by atoms with Crippen molar-refractivity contribution < 1.29 is 29.3 Å². The minimum absolute atomic E-state index is 0.0173. The fourth-order valence-corrected chi connectivity index (χ4v) is 1.87. The van der Waals surface area contributed by atoms with Gasteiger partial charge in [0.15, 0.2) is 0 Å². The van der Waals surface area contributed by atoms with Gasteiger partial charge in [0.25, 0.3) is 0 Å². The Morgan fingerprint density at radius 1 is 1.47 bits per heavy atom. The summed E-state index contributed by atoms with van der Waals surface area (Å²) in [6, 6.07) is -2.66. The SMILES string of the molecule is CCOC(=O)C(C)NC(=O)N1CC(O)CC1C(=O)O. The molecular weight excluding hydrogens is 256 g/mol. The fraction of sp³-hybridized carbons (Fsp3) is 0.727. The zero-order valence-corrected chi connectivity index (χ0v) is 10.8. The molecule has 0 spiro atoms. The average Bonchev–Trinajstić information content (AvgIpc) is 2.71. The maximum atomic E-state index is 11.9. The molecule has 1 fully saturated rings. The number of nitrogens with zero attached hydrogens (tertiary/aromatic N) is 1. The molecule has 1 aliphatic heterocycles. The lowest BCUT2D eigenvalue weighted by Crippen LogP contribution is -2.50. The molecule has 0 aromatic rings. The number of carboxylic acid groups (broad SMARTS) is 1. The number of esters is 1. The van der Waals surface area contributed by atoms with Gasteiger partial charge in [0, 0.05) is 13.0 Å². The van der Waals surface area contributed by atoms with E-state index in [0.29, 0.717) is 0 Å². The van der Waals surface area contributed by atoms with Crippen molar-refractivity contribution in [3.05, 3.63) is 0 Å². The van der Waals surface area contributed by atoms with Gasteiger partial charge >= 0.3 is 18.0 Å². The molecule has 108 valence electrons. The van der Waals surface area contributed by atoms with E-state index in [-0.39, 0.29) is 19.6 Å². The Kier molecular flexibility index (Phi) is 5.11. The number of aliphatic hydroxyl groups excluding tert-OH is 1. The Morgan fingerprint density at radius 2 is 2.11 bits per heavy atom. The van der Waals surface area contributed by atoms with Crippen LogP contribution in [0.25, 0.3) is 0 Å². The number of likely N-dealkylation sites (tertiary alicyclic amines) is 1. The van der Waals surface area contributed by atoms with Crippen molar-refractivity contribution in [3.63, 3.8) is 0 Å². The first-order valence-electron chi connectivity index (χ1n) is 6.01. The van der Waals surface area contributed by atoms with Crippen LogP contribution in [0.3, 0.4) is 0 Å². The smallest absolute Gasteiger partial charge is 0.328 e. The van der Waals surface area contributed by atoms with Crippen LogP contribution in [0, 0.1) is 0 Å². The summed E-state index contributed by atoms with van der Waals surface area (Å²) in [7, 11) is 0. The summed E-state index contributed by atoms with van der Waals surface area (Å²) in [5, 5.41) is 20.7. The summed E-state index contributed by atoms with van der Waals surface area (Å²) in [4.78, 5) is 35.2. The van der Waals surface area contributed by atoms with E-state index in [4.69, 9.17) is 9.84 Å². The summed E-state index contributed by atoms with van der Waals surface area (Å²) < 4.78 is 4.72. The van der Waals surface area contributed by atoms with Gasteiger partial charge in [-0.1, -0.05) is 0 Å². The fourth-order valence-electron chi connectivity index (χ4n) is 1.87. The third-order valence-electron chi connectivity index (χ3n) is 2.81. The van der Waals surface area contributed by atoms with Crippen LogP contribution in [-0.4, -0.2) is 64.4 Å². The number of urea groups is 1. The molecule has 0 bridgehead atoms. The minimum atomic E-state index is -1.18. The number of β-amino-alcohol motifs (C(OH)–C–C–N with tert-alkyl or cyclic N) is 1. The third kappa shape index (κ3) is 3.82. The van der Waals surface area contributed by atoms with E-state index in [2.05, 4.69) is 5.32 Å². The van der Waals surface area contributed by atoms with E-state index in [1.807, 2.05) is 0 Å². The second-order valence-corrected chi connectivity index (χ2v) is 4.32. The van der Waals surface area contributed by atoms with Crippen LogP contribution in [0.4, 0.5) is 4.79 Å². The highest BCUT2D eigenvalue weighted by atomic mass is 16.5. The lowest BCUT2D eigenvalue weighted by atomic mass is 10.2. The van der Waals surface area contributed by atoms with Gasteiger partial charge < -0.3 is 25.2 Å². The molecule has 1 heterocycles. The van der Waals surface area contributed by atoms with Crippen molar-refractivity contribution in [1.82, 2.24) is 10.2 Å². The summed E-state index contributed by atoms with van der Waals surface area (Å²) in [6.45, 7) is 3.21. The highest BCUT2D eigenvalue weighted by Crippen LogP contribution is 2.18. The molecule has 3 unspecified atom stereocenters. The van der Waals surface area contributed by atoms with E-state index in [1.165, 1.54) is 6.92 Å². The predicted octanol–water partition coefficient (Wildman–Crippen LogP) is -0.833. The van der Waals surface area contributed by atoms with Crippen LogP contribution in [0.15, 0.2) is 0 Å². The maximum Gasteiger partial charge on any atom is 0.328 e. The van der Waals surface area contributed by atoms with Crippen molar-refractivity contribution in [2.24, 2.45) is 0 Å². The number of hydrogen-bond acceptors (Lipinski definition) is 5. The van der Waals surface area contributed by atoms with Crippen LogP contribution >= 0.6 is 0 Å². The molecule has 0 aromatic heterocycles. The number of carbonyl (C=O) groups is 3. The molecule has 0 radical (unpaired) electrons. The van der Waals surface area contributed by atoms with E-state index in [9.17, 15) is 19.5 Å². The number of aliphatic hydroxyl groups is 1. The molecule has 3 atom stereocenters. The monoisotopic (exact) mass is 274 g/mol. The second-order valence-electron chi connectivity index (χ2n) is 4.32. The zero-order chi connectivity index (χ0) is 14.6. The number of rotatable bonds is 4. The Morgan fingerprint density at radius 3 is 2.63 bits per heavy atom. The number of carbonyl (C=O) groups excluding carboxylic acids is 2. The van der Waals surface area contributed by atoms with E-state index < -0.39 is 36.2 Å². The van der Waals surface area contributed by atoms with Crippen molar-refractivity contribution in [1.29, 1.82) is 0 Å². The Bertz CT molecular complexity index is 372. The van der Waals surface area contributed by atoms with Crippen LogP contribution in [-0.2, 0) is 14.3 Å². The first-order chi connectivity index (χ1) is 8.86. The van der Waals surface area contributed by atoms with Gasteiger partial charge in [0.1, 0.15) is 12.1 Å². The van der Waals surface area contributed by atoms with Crippen molar-refractivity contribution in [2.45, 2.75) is 38.5 Å². The number of aliphatic carboxylic acids is 1. The summed E-state index contributed by atoms with van der Waals surface area (Å²) in [6.07, 6.45) is -0.888. The largest absolute Gasteiger partial charge is 0.480 e. The molecule has 1 saturated heterocycles. The van der Waals surface area contributed by atoms with E-state index >= 15 is 0 Å². The summed E-state index contributed by atoms with van der Waals surface area (Å²) >= 11 is 0. The lowest BCUT2D eigenvalue weighted by Gasteiger charge is -2.23. The molecule has 3 N–H and O–H groups in total. The molecular formula is C11H18N2O6. The number of amides is 2. The van der Waals surface area contributed by atoms with Gasteiger partial charge in [0.05, 0.1) is 12.7 Å². The normalized spacial score (nSPS) is 23.8. The molecule has 19 heavy (non-hydrogen) atoms. The highest BCUT2D eigenvalue weighted by Gasteiger charge is 2.39. The molecule has 0 aliphatic carbocycles. The summed E-state index contributed by atoms with van der Waals surface area (Å²) in [5.74, 6) is -1.78. The van der Waals surface area contributed by atoms with Crippen LogP contribution in [0.1, 0.15) is 20.3 Å².